The Labute approximate surface area is 153 Å². The Morgan fingerprint density at radius 3 is 2.48 bits per heavy atom. The van der Waals surface area contributed by atoms with Crippen LogP contribution in [0.4, 0.5) is 10.5 Å². The number of nitrogens with one attached hydrogen (secondary N) is 1. The number of nitrogens with zero attached hydrogens (tertiary/aromatic N) is 2. The number of anilines is 1. The highest BCUT2D eigenvalue weighted by atomic mass is 32.1. The van der Waals surface area contributed by atoms with Crippen LogP contribution in [0.2, 0.25) is 0 Å². The normalized spacial score (nSPS) is 19.3. The monoisotopic (exact) mass is 355 g/mol. The minimum atomic E-state index is 0.0232. The number of amides is 2. The maximum absolute atomic E-state index is 12.7. The van der Waals surface area contributed by atoms with Gasteiger partial charge in [0.1, 0.15) is 0 Å². The molecular weight excluding hydrogens is 330 g/mol. The largest absolute Gasteiger partial charge is 0.322 e. The summed E-state index contributed by atoms with van der Waals surface area (Å²) >= 11 is 1.70. The first kappa shape index (κ1) is 16.6. The van der Waals surface area contributed by atoms with Crippen molar-refractivity contribution in [2.24, 2.45) is 0 Å². The quantitative estimate of drug-likeness (QED) is 0.879. The Morgan fingerprint density at radius 1 is 1.00 bits per heavy atom. The van der Waals surface area contributed by atoms with Gasteiger partial charge >= 0.3 is 6.03 Å². The Morgan fingerprint density at radius 2 is 1.76 bits per heavy atom. The van der Waals surface area contributed by atoms with Gasteiger partial charge in [-0.25, -0.2) is 4.79 Å². The second-order valence-corrected chi connectivity index (χ2v) is 7.86. The van der Waals surface area contributed by atoms with Gasteiger partial charge in [0.05, 0.1) is 5.69 Å². The summed E-state index contributed by atoms with van der Waals surface area (Å²) < 4.78 is 0. The van der Waals surface area contributed by atoms with Crippen LogP contribution in [-0.4, -0.2) is 48.1 Å². The van der Waals surface area contributed by atoms with Crippen molar-refractivity contribution >= 4 is 23.1 Å². The average molecular weight is 356 g/mol. The van der Waals surface area contributed by atoms with Crippen molar-refractivity contribution in [3.8, 4) is 10.4 Å². The van der Waals surface area contributed by atoms with Gasteiger partial charge in [-0.1, -0.05) is 37.1 Å². The zero-order chi connectivity index (χ0) is 17.1. The minimum absolute atomic E-state index is 0.0232. The molecule has 2 amide bonds. The molecule has 2 aliphatic rings. The van der Waals surface area contributed by atoms with Gasteiger partial charge in [0.15, 0.2) is 0 Å². The number of piperazine rings is 1. The summed E-state index contributed by atoms with van der Waals surface area (Å²) in [6, 6.07) is 13.0. The molecule has 1 saturated heterocycles. The van der Waals surface area contributed by atoms with Gasteiger partial charge < -0.3 is 10.2 Å². The van der Waals surface area contributed by atoms with E-state index in [-0.39, 0.29) is 6.03 Å². The van der Waals surface area contributed by atoms with Crippen molar-refractivity contribution in [2.45, 2.75) is 31.7 Å². The molecule has 2 fully saturated rings. The summed E-state index contributed by atoms with van der Waals surface area (Å²) in [7, 11) is 0. The molecule has 1 N–H and O–H groups in total. The van der Waals surface area contributed by atoms with Crippen LogP contribution < -0.4 is 5.32 Å². The molecule has 132 valence electrons. The van der Waals surface area contributed by atoms with E-state index in [1.54, 1.807) is 11.3 Å². The van der Waals surface area contributed by atoms with E-state index < -0.39 is 0 Å². The first-order valence-corrected chi connectivity index (χ1v) is 10.1. The third-order valence-electron chi connectivity index (χ3n) is 5.40. The van der Waals surface area contributed by atoms with Crippen LogP contribution in [-0.2, 0) is 0 Å². The van der Waals surface area contributed by atoms with Gasteiger partial charge in [-0.2, -0.15) is 0 Å². The Balaban J connectivity index is 1.38. The van der Waals surface area contributed by atoms with Crippen molar-refractivity contribution in [1.82, 2.24) is 9.80 Å². The topological polar surface area (TPSA) is 35.6 Å². The highest BCUT2D eigenvalue weighted by Crippen LogP contribution is 2.31. The summed E-state index contributed by atoms with van der Waals surface area (Å²) in [4.78, 5) is 18.4. The van der Waals surface area contributed by atoms with E-state index in [0.717, 1.165) is 43.5 Å². The molecule has 5 heteroatoms. The number of hydrogen-bond donors (Lipinski definition) is 1. The maximum Gasteiger partial charge on any atom is 0.321 e. The van der Waals surface area contributed by atoms with E-state index in [9.17, 15) is 4.79 Å². The van der Waals surface area contributed by atoms with Crippen LogP contribution in [0.3, 0.4) is 0 Å². The molecule has 0 bridgehead atoms. The predicted octanol–water partition coefficient (Wildman–Crippen LogP) is 4.51. The van der Waals surface area contributed by atoms with Crippen molar-refractivity contribution in [3.63, 3.8) is 0 Å². The number of urea groups is 1. The molecule has 1 aliphatic heterocycles. The number of rotatable bonds is 3. The maximum atomic E-state index is 12.7. The fourth-order valence-corrected chi connectivity index (χ4v) is 4.76. The number of hydrogen-bond acceptors (Lipinski definition) is 3. The summed E-state index contributed by atoms with van der Waals surface area (Å²) in [6.45, 7) is 3.66. The molecule has 1 aromatic carbocycles. The summed E-state index contributed by atoms with van der Waals surface area (Å²) in [5.74, 6) is 0. The Bertz CT molecular complexity index is 701. The molecule has 0 spiro atoms. The lowest BCUT2D eigenvalue weighted by atomic mass is 10.1. The Hall–Kier alpha value is -1.85. The van der Waals surface area contributed by atoms with Gasteiger partial charge in [-0.3, -0.25) is 4.90 Å². The molecule has 25 heavy (non-hydrogen) atoms. The van der Waals surface area contributed by atoms with Crippen molar-refractivity contribution < 1.29 is 4.79 Å². The number of carbonyl (C=O) groups is 1. The fraction of sp³-hybridized carbons (Fsp3) is 0.450. The third-order valence-corrected chi connectivity index (χ3v) is 6.30. The molecule has 0 atom stereocenters. The number of para-hydroxylation sites is 1. The predicted molar refractivity (Wildman–Crippen MR) is 104 cm³/mol. The molecule has 0 radical (unpaired) electrons. The lowest BCUT2D eigenvalue weighted by molar-refractivity contribution is 0.115. The minimum Gasteiger partial charge on any atom is -0.322 e. The first-order chi connectivity index (χ1) is 12.3. The van der Waals surface area contributed by atoms with E-state index in [4.69, 9.17) is 0 Å². The van der Waals surface area contributed by atoms with Crippen LogP contribution in [0, 0.1) is 0 Å². The van der Waals surface area contributed by atoms with Crippen LogP contribution >= 0.6 is 11.3 Å². The zero-order valence-electron chi connectivity index (χ0n) is 14.5. The lowest BCUT2D eigenvalue weighted by Crippen LogP contribution is -2.52. The molecule has 1 aromatic heterocycles. The molecule has 2 aromatic rings. The molecule has 1 saturated carbocycles. The van der Waals surface area contributed by atoms with E-state index in [1.165, 1.54) is 30.6 Å². The Kier molecular flexibility index (Phi) is 5.04. The highest BCUT2D eigenvalue weighted by molar-refractivity contribution is 7.13. The second kappa shape index (κ2) is 7.58. The average Bonchev–Trinajstić information content (AvgIpc) is 3.36. The van der Waals surface area contributed by atoms with Crippen molar-refractivity contribution in [2.75, 3.05) is 31.5 Å². The van der Waals surface area contributed by atoms with Crippen molar-refractivity contribution in [3.05, 3.63) is 41.8 Å². The molecule has 4 nitrogen and oxygen atoms in total. The number of thiophene rings is 1. The second-order valence-electron chi connectivity index (χ2n) is 6.91. The van der Waals surface area contributed by atoms with Gasteiger partial charge in [0, 0.05) is 42.7 Å². The van der Waals surface area contributed by atoms with Crippen molar-refractivity contribution in [1.29, 1.82) is 0 Å². The highest BCUT2D eigenvalue weighted by Gasteiger charge is 2.28. The lowest BCUT2D eigenvalue weighted by Gasteiger charge is -2.38. The van der Waals surface area contributed by atoms with Crippen LogP contribution in [0.5, 0.6) is 0 Å². The van der Waals surface area contributed by atoms with Gasteiger partial charge in [-0.05, 0) is 30.4 Å². The molecular formula is C20H25N3OS. The smallest absolute Gasteiger partial charge is 0.321 e. The third kappa shape index (κ3) is 3.72. The van der Waals surface area contributed by atoms with Gasteiger partial charge in [0.2, 0.25) is 0 Å². The number of benzene rings is 1. The zero-order valence-corrected chi connectivity index (χ0v) is 15.3. The molecule has 0 unspecified atom stereocenters. The van der Waals surface area contributed by atoms with Crippen LogP contribution in [0.1, 0.15) is 25.7 Å². The standard InChI is InChI=1S/C20H25N3OS/c24-20(23-13-11-22(12-14-23)16-6-1-2-7-16)21-18-9-4-3-8-17(18)19-10-5-15-25-19/h3-5,8-10,15-16H,1-2,6-7,11-14H2,(H,21,24). The van der Waals surface area contributed by atoms with E-state index in [1.807, 2.05) is 29.2 Å². The van der Waals surface area contributed by atoms with Gasteiger partial charge in [0.25, 0.3) is 0 Å². The summed E-state index contributed by atoms with van der Waals surface area (Å²) in [5, 5.41) is 5.19. The SMILES string of the molecule is O=C(Nc1ccccc1-c1cccs1)N1CCN(C2CCCC2)CC1. The van der Waals surface area contributed by atoms with E-state index >= 15 is 0 Å². The van der Waals surface area contributed by atoms with E-state index in [2.05, 4.69) is 27.7 Å². The van der Waals surface area contributed by atoms with Gasteiger partial charge in [-0.15, -0.1) is 11.3 Å². The van der Waals surface area contributed by atoms with Crippen LogP contribution in [0.15, 0.2) is 41.8 Å². The molecule has 1 aliphatic carbocycles. The first-order valence-electron chi connectivity index (χ1n) is 9.24. The number of carbonyl (C=O) groups excluding carboxylic acids is 1. The fourth-order valence-electron chi connectivity index (χ4n) is 3.99. The van der Waals surface area contributed by atoms with Crippen LogP contribution in [0.25, 0.3) is 10.4 Å². The molecule has 2 heterocycles. The summed E-state index contributed by atoms with van der Waals surface area (Å²) in [5.41, 5.74) is 1.99. The van der Waals surface area contributed by atoms with E-state index in [0.29, 0.717) is 0 Å². The molecule has 4 rings (SSSR count). The summed E-state index contributed by atoms with van der Waals surface area (Å²) in [6.07, 6.45) is 5.40.